The van der Waals surface area contributed by atoms with E-state index in [-0.39, 0.29) is 5.91 Å². The lowest BCUT2D eigenvalue weighted by Crippen LogP contribution is -2.43. The number of carbonyl (C=O) groups excluding carboxylic acids is 1. The summed E-state index contributed by atoms with van der Waals surface area (Å²) in [6.07, 6.45) is 1.70. The summed E-state index contributed by atoms with van der Waals surface area (Å²) in [5.41, 5.74) is 0.687. The van der Waals surface area contributed by atoms with Crippen LogP contribution in [0.25, 0.3) is 10.1 Å². The fraction of sp³-hybridized carbons (Fsp3) is 0.222. The number of pyridine rings is 1. The van der Waals surface area contributed by atoms with Gasteiger partial charge in [0.05, 0.1) is 16.8 Å². The molecule has 0 atom stereocenters. The lowest BCUT2D eigenvalue weighted by Gasteiger charge is -2.28. The lowest BCUT2D eigenvalue weighted by molar-refractivity contribution is 0.103. The highest BCUT2D eigenvalue weighted by Gasteiger charge is 2.14. The number of amides is 1. The minimum absolute atomic E-state index is 0.144. The summed E-state index contributed by atoms with van der Waals surface area (Å²) in [5, 5.41) is 7.79. The third-order valence-corrected chi connectivity index (χ3v) is 5.61. The number of rotatable bonds is 3. The van der Waals surface area contributed by atoms with Crippen LogP contribution in [0, 0.1) is 0 Å². The van der Waals surface area contributed by atoms with E-state index in [9.17, 15) is 4.79 Å². The Bertz CT molecular complexity index is 903. The third kappa shape index (κ3) is 3.46. The molecule has 0 radical (unpaired) electrons. The number of aromatic nitrogens is 1. The zero-order valence-electron chi connectivity index (χ0n) is 13.5. The van der Waals surface area contributed by atoms with Gasteiger partial charge in [-0.25, -0.2) is 4.98 Å². The Morgan fingerprint density at radius 2 is 2.08 bits per heavy atom. The monoisotopic (exact) mass is 372 g/mol. The molecule has 1 amide bonds. The van der Waals surface area contributed by atoms with Crippen molar-refractivity contribution >= 4 is 50.4 Å². The molecule has 3 aromatic rings. The van der Waals surface area contributed by atoms with E-state index >= 15 is 0 Å². The number of anilines is 2. The number of carbonyl (C=O) groups is 1. The molecule has 1 fully saturated rings. The number of fused-ring (bicyclic) bond motifs is 1. The fourth-order valence-electron chi connectivity index (χ4n) is 2.87. The van der Waals surface area contributed by atoms with E-state index in [4.69, 9.17) is 11.6 Å². The first kappa shape index (κ1) is 16.3. The Balaban J connectivity index is 1.49. The minimum Gasteiger partial charge on any atom is -0.354 e. The number of nitrogens with zero attached hydrogens (tertiary/aromatic N) is 2. The van der Waals surface area contributed by atoms with Crippen molar-refractivity contribution in [3.05, 3.63) is 52.5 Å². The van der Waals surface area contributed by atoms with Crippen molar-refractivity contribution in [2.75, 3.05) is 36.4 Å². The molecule has 1 saturated heterocycles. The molecule has 1 aliphatic heterocycles. The van der Waals surface area contributed by atoms with Crippen LogP contribution >= 0.6 is 22.9 Å². The quantitative estimate of drug-likeness (QED) is 0.737. The van der Waals surface area contributed by atoms with Gasteiger partial charge < -0.3 is 15.5 Å². The van der Waals surface area contributed by atoms with Gasteiger partial charge in [-0.3, -0.25) is 4.79 Å². The molecule has 0 unspecified atom stereocenters. The molecule has 5 nitrogen and oxygen atoms in total. The average Bonchev–Trinajstić information content (AvgIpc) is 3.09. The molecule has 4 rings (SSSR count). The summed E-state index contributed by atoms with van der Waals surface area (Å²) in [5.74, 6) is 0.794. The second kappa shape index (κ2) is 7.00. The van der Waals surface area contributed by atoms with Gasteiger partial charge in [-0.2, -0.15) is 0 Å². The first-order valence-corrected chi connectivity index (χ1v) is 9.31. The Labute approximate surface area is 154 Å². The van der Waals surface area contributed by atoms with E-state index in [0.717, 1.165) is 42.1 Å². The van der Waals surface area contributed by atoms with Crippen LogP contribution in [0.1, 0.15) is 9.67 Å². The normalized spacial score (nSPS) is 14.7. The van der Waals surface area contributed by atoms with Crippen LogP contribution in [-0.4, -0.2) is 37.1 Å². The van der Waals surface area contributed by atoms with E-state index in [2.05, 4.69) is 20.5 Å². The van der Waals surface area contributed by atoms with Gasteiger partial charge in [-0.1, -0.05) is 17.7 Å². The van der Waals surface area contributed by atoms with Gasteiger partial charge in [-0.05, 0) is 30.3 Å². The van der Waals surface area contributed by atoms with Crippen molar-refractivity contribution in [3.63, 3.8) is 0 Å². The van der Waals surface area contributed by atoms with E-state index in [1.165, 1.54) is 11.3 Å². The van der Waals surface area contributed by atoms with Crippen LogP contribution in [0.15, 0.2) is 42.6 Å². The van der Waals surface area contributed by atoms with Gasteiger partial charge in [0, 0.05) is 41.3 Å². The van der Waals surface area contributed by atoms with Crippen LogP contribution in [0.4, 0.5) is 11.5 Å². The molecular weight excluding hydrogens is 356 g/mol. The summed E-state index contributed by atoms with van der Waals surface area (Å²) in [6.45, 7) is 3.83. The smallest absolute Gasteiger partial charge is 0.265 e. The topological polar surface area (TPSA) is 57.3 Å². The Morgan fingerprint density at radius 3 is 2.80 bits per heavy atom. The molecule has 2 aromatic heterocycles. The van der Waals surface area contributed by atoms with Gasteiger partial charge in [0.25, 0.3) is 5.91 Å². The van der Waals surface area contributed by atoms with Crippen LogP contribution in [0.3, 0.4) is 0 Å². The van der Waals surface area contributed by atoms with Gasteiger partial charge in [0.1, 0.15) is 5.82 Å². The Morgan fingerprint density at radius 1 is 1.24 bits per heavy atom. The zero-order valence-corrected chi connectivity index (χ0v) is 15.0. The highest BCUT2D eigenvalue weighted by molar-refractivity contribution is 7.21. The summed E-state index contributed by atoms with van der Waals surface area (Å²) < 4.78 is 1.00. The Kier molecular flexibility index (Phi) is 4.57. The maximum absolute atomic E-state index is 12.5. The van der Waals surface area contributed by atoms with Crippen molar-refractivity contribution in [2.45, 2.75) is 0 Å². The molecule has 3 heterocycles. The van der Waals surface area contributed by atoms with Gasteiger partial charge in [-0.15, -0.1) is 11.3 Å². The molecule has 1 aromatic carbocycles. The maximum atomic E-state index is 12.5. The van der Waals surface area contributed by atoms with Crippen molar-refractivity contribution in [2.24, 2.45) is 0 Å². The summed E-state index contributed by atoms with van der Waals surface area (Å²) in [4.78, 5) is 19.8. The third-order valence-electron chi connectivity index (χ3n) is 4.18. The molecule has 25 heavy (non-hydrogen) atoms. The Hall–Kier alpha value is -2.15. The van der Waals surface area contributed by atoms with Crippen molar-refractivity contribution in [1.82, 2.24) is 10.3 Å². The number of hydrogen-bond donors (Lipinski definition) is 2. The average molecular weight is 373 g/mol. The predicted octanol–water partition coefficient (Wildman–Crippen LogP) is 3.61. The molecule has 0 spiro atoms. The first-order valence-electron chi connectivity index (χ1n) is 8.12. The van der Waals surface area contributed by atoms with Gasteiger partial charge in [0.2, 0.25) is 0 Å². The molecule has 0 saturated carbocycles. The summed E-state index contributed by atoms with van der Waals surface area (Å²) in [7, 11) is 0. The van der Waals surface area contributed by atoms with Crippen molar-refractivity contribution in [3.8, 4) is 0 Å². The first-order chi connectivity index (χ1) is 12.2. The molecule has 2 N–H and O–H groups in total. The standard InChI is InChI=1S/C18H17ClN4OS/c19-14-2-1-3-15-13(14)10-16(25-15)18(24)22-12-4-5-17(21-11-12)23-8-6-20-7-9-23/h1-5,10-11,20H,6-9H2,(H,22,24). The second-order valence-electron chi connectivity index (χ2n) is 5.86. The number of halogens is 1. The summed E-state index contributed by atoms with van der Waals surface area (Å²) in [6, 6.07) is 11.4. The molecule has 0 bridgehead atoms. The molecule has 7 heteroatoms. The molecule has 128 valence electrons. The van der Waals surface area contributed by atoms with Crippen LogP contribution in [0.5, 0.6) is 0 Å². The van der Waals surface area contributed by atoms with Crippen LogP contribution < -0.4 is 15.5 Å². The molecule has 1 aliphatic rings. The zero-order chi connectivity index (χ0) is 17.2. The molecular formula is C18H17ClN4OS. The van der Waals surface area contributed by atoms with Crippen molar-refractivity contribution < 1.29 is 4.79 Å². The van der Waals surface area contributed by atoms with E-state index < -0.39 is 0 Å². The number of benzene rings is 1. The lowest BCUT2D eigenvalue weighted by atomic mass is 10.2. The van der Waals surface area contributed by atoms with Gasteiger partial charge in [0.15, 0.2) is 0 Å². The van der Waals surface area contributed by atoms with E-state index in [1.807, 2.05) is 36.4 Å². The largest absolute Gasteiger partial charge is 0.354 e. The van der Waals surface area contributed by atoms with Crippen LogP contribution in [-0.2, 0) is 0 Å². The van der Waals surface area contributed by atoms with Crippen molar-refractivity contribution in [1.29, 1.82) is 0 Å². The summed E-state index contributed by atoms with van der Waals surface area (Å²) >= 11 is 7.61. The highest BCUT2D eigenvalue weighted by Crippen LogP contribution is 2.31. The molecule has 0 aliphatic carbocycles. The fourth-order valence-corrected chi connectivity index (χ4v) is 4.14. The predicted molar refractivity (Wildman–Crippen MR) is 104 cm³/mol. The van der Waals surface area contributed by atoms with Crippen LogP contribution in [0.2, 0.25) is 5.02 Å². The van der Waals surface area contributed by atoms with E-state index in [0.29, 0.717) is 15.6 Å². The van der Waals surface area contributed by atoms with Gasteiger partial charge >= 0.3 is 0 Å². The number of hydrogen-bond acceptors (Lipinski definition) is 5. The second-order valence-corrected chi connectivity index (χ2v) is 7.35. The minimum atomic E-state index is -0.144. The van der Waals surface area contributed by atoms with E-state index in [1.54, 1.807) is 6.20 Å². The SMILES string of the molecule is O=C(Nc1ccc(N2CCNCC2)nc1)c1cc2c(Cl)cccc2s1. The maximum Gasteiger partial charge on any atom is 0.265 e. The number of piperazine rings is 1. The number of nitrogens with one attached hydrogen (secondary N) is 2. The number of thiophene rings is 1. The highest BCUT2D eigenvalue weighted by atomic mass is 35.5.